The molecule has 4 unspecified atom stereocenters. The Morgan fingerprint density at radius 1 is 0.614 bits per heavy atom. The van der Waals surface area contributed by atoms with E-state index in [9.17, 15) is 0 Å². The lowest BCUT2D eigenvalue weighted by molar-refractivity contribution is -0.134. The normalized spacial score (nSPS) is 27.1. The van der Waals surface area contributed by atoms with Gasteiger partial charge < -0.3 is 24.9 Å². The van der Waals surface area contributed by atoms with Crippen LogP contribution in [0, 0.1) is 0 Å². The minimum absolute atomic E-state index is 0.202. The molecule has 1 radical (unpaired) electrons. The topological polar surface area (TPSA) is 97.2 Å². The molecule has 0 saturated carbocycles. The van der Waals surface area contributed by atoms with Crippen LogP contribution in [0.2, 0.25) is 0 Å². The van der Waals surface area contributed by atoms with Crippen LogP contribution in [0.25, 0.3) is 0 Å². The van der Waals surface area contributed by atoms with E-state index in [1.54, 1.807) is 0 Å². The van der Waals surface area contributed by atoms with E-state index in [0.717, 1.165) is 137 Å². The highest BCUT2D eigenvalue weighted by Gasteiger charge is 2.47. The van der Waals surface area contributed by atoms with Gasteiger partial charge in [0.05, 0.1) is 36.5 Å². The van der Waals surface area contributed by atoms with Crippen LogP contribution in [0.5, 0.6) is 0 Å². The average Bonchev–Trinajstić information content (AvgIpc) is 3.28. The number of aromatic nitrogens is 3. The molecule has 3 aromatic rings. The van der Waals surface area contributed by atoms with Crippen molar-refractivity contribution >= 4 is 17.2 Å². The van der Waals surface area contributed by atoms with Crippen molar-refractivity contribution in [1.29, 1.82) is 0 Å². The maximum absolute atomic E-state index is 5.37. The zero-order chi connectivity index (χ0) is 39.0. The molecule has 5 saturated heterocycles. The molecule has 0 aromatic carbocycles. The minimum atomic E-state index is 0.202. The Balaban J connectivity index is 1.11. The molecular formula is C42H66N15. The molecule has 8 heterocycles. The van der Waals surface area contributed by atoms with E-state index in [2.05, 4.69) is 122 Å². The third-order valence-corrected chi connectivity index (χ3v) is 12.9. The Bertz CT molecular complexity index is 1610. The molecule has 5 aliphatic rings. The molecule has 0 aliphatic carbocycles. The highest BCUT2D eigenvalue weighted by molar-refractivity contribution is 5.46. The number of rotatable bonds is 13. The molecule has 4 atom stereocenters. The van der Waals surface area contributed by atoms with Gasteiger partial charge in [-0.2, -0.15) is 0 Å². The molecule has 57 heavy (non-hydrogen) atoms. The standard InChI is InChI=1S/C42H66N15/c1-43-15-17-49-18-16-47-39(32-49)55-28-21-50(20-19-48(2)3)33-41(55)57-30-26-53(36-9-13-44-14-10-36)35-42(57)56-29-27-54(37-7-6-11-45-31-37)34-40(56)52-24-22-51(23-25-52)38-8-4-5-12-46-38/h4-14,31,39-43H,15-30,32-35H2,1-3H3. The molecule has 3 aromatic heterocycles. The molecule has 1 N–H and O–H groups in total. The second-order valence-electron chi connectivity index (χ2n) is 16.6. The third-order valence-electron chi connectivity index (χ3n) is 12.9. The van der Waals surface area contributed by atoms with Crippen LogP contribution in [0.1, 0.15) is 0 Å². The molecule has 5 aliphatic heterocycles. The molecule has 0 amide bonds. The smallest absolute Gasteiger partial charge is 0.128 e. The molecule has 15 heteroatoms. The van der Waals surface area contributed by atoms with Crippen LogP contribution in [0.4, 0.5) is 17.2 Å². The maximum Gasteiger partial charge on any atom is 0.128 e. The lowest BCUT2D eigenvalue weighted by atomic mass is 10.1. The van der Waals surface area contributed by atoms with Crippen molar-refractivity contribution in [2.24, 2.45) is 0 Å². The number of hydrogen-bond acceptors (Lipinski definition) is 14. The van der Waals surface area contributed by atoms with Gasteiger partial charge in [0.1, 0.15) is 5.82 Å². The summed E-state index contributed by atoms with van der Waals surface area (Å²) in [4.78, 5) is 40.4. The number of hydrogen-bond donors (Lipinski definition) is 1. The third kappa shape index (κ3) is 9.86. The van der Waals surface area contributed by atoms with Gasteiger partial charge in [-0.3, -0.25) is 39.4 Å². The summed E-state index contributed by atoms with van der Waals surface area (Å²) in [5, 5.41) is 8.75. The van der Waals surface area contributed by atoms with Gasteiger partial charge in [0.25, 0.3) is 0 Å². The van der Waals surface area contributed by atoms with E-state index in [4.69, 9.17) is 10.3 Å². The maximum atomic E-state index is 5.37. The zero-order valence-corrected chi connectivity index (χ0v) is 34.6. The van der Waals surface area contributed by atoms with E-state index in [1.165, 1.54) is 11.4 Å². The predicted molar refractivity (Wildman–Crippen MR) is 229 cm³/mol. The summed E-state index contributed by atoms with van der Waals surface area (Å²) >= 11 is 0. The lowest BCUT2D eigenvalue weighted by Gasteiger charge is -2.59. The summed E-state index contributed by atoms with van der Waals surface area (Å²) in [6, 6.07) is 15.0. The molecule has 0 spiro atoms. The van der Waals surface area contributed by atoms with Gasteiger partial charge in [0, 0.05) is 161 Å². The fourth-order valence-electron chi connectivity index (χ4n) is 9.66. The van der Waals surface area contributed by atoms with E-state index < -0.39 is 0 Å². The van der Waals surface area contributed by atoms with E-state index in [-0.39, 0.29) is 24.7 Å². The van der Waals surface area contributed by atoms with Crippen LogP contribution >= 0.6 is 0 Å². The Hall–Kier alpha value is -3.51. The number of anilines is 3. The van der Waals surface area contributed by atoms with Crippen molar-refractivity contribution in [1.82, 2.24) is 59.9 Å². The summed E-state index contributed by atoms with van der Waals surface area (Å²) in [5.74, 6) is 1.08. The van der Waals surface area contributed by atoms with E-state index >= 15 is 0 Å². The summed E-state index contributed by atoms with van der Waals surface area (Å²) < 4.78 is 0. The van der Waals surface area contributed by atoms with Crippen LogP contribution in [0.15, 0.2) is 73.4 Å². The number of pyridine rings is 3. The first-order chi connectivity index (χ1) is 28.0. The highest BCUT2D eigenvalue weighted by Crippen LogP contribution is 2.31. The second kappa shape index (κ2) is 19.5. The van der Waals surface area contributed by atoms with Gasteiger partial charge in [-0.1, -0.05) is 6.07 Å². The fraction of sp³-hybridized carbons (Fsp3) is 0.643. The molecule has 0 bridgehead atoms. The van der Waals surface area contributed by atoms with Gasteiger partial charge in [-0.05, 0) is 57.5 Å². The molecule has 8 rings (SSSR count). The van der Waals surface area contributed by atoms with Crippen molar-refractivity contribution in [2.45, 2.75) is 24.7 Å². The average molecular weight is 781 g/mol. The van der Waals surface area contributed by atoms with Crippen LogP contribution in [0.3, 0.4) is 0 Å². The van der Waals surface area contributed by atoms with Gasteiger partial charge in [-0.25, -0.2) is 10.3 Å². The van der Waals surface area contributed by atoms with Crippen molar-refractivity contribution in [3.05, 3.63) is 73.4 Å². The van der Waals surface area contributed by atoms with Gasteiger partial charge >= 0.3 is 0 Å². The Labute approximate surface area is 341 Å². The van der Waals surface area contributed by atoms with Crippen molar-refractivity contribution in [3.8, 4) is 0 Å². The lowest BCUT2D eigenvalue weighted by Crippen LogP contribution is -2.76. The number of piperazine rings is 5. The van der Waals surface area contributed by atoms with Gasteiger partial charge in [0.2, 0.25) is 0 Å². The fourth-order valence-corrected chi connectivity index (χ4v) is 9.66. The monoisotopic (exact) mass is 781 g/mol. The largest absolute Gasteiger partial charge is 0.367 e. The van der Waals surface area contributed by atoms with Crippen molar-refractivity contribution < 1.29 is 0 Å². The summed E-state index contributed by atoms with van der Waals surface area (Å²) in [6.07, 6.45) is 10.7. The Kier molecular flexibility index (Phi) is 13.8. The first-order valence-electron chi connectivity index (χ1n) is 21.4. The Morgan fingerprint density at radius 2 is 1.33 bits per heavy atom. The predicted octanol–water partition coefficient (Wildman–Crippen LogP) is 0.261. The number of likely N-dealkylation sites (N-methyl/N-ethyl adjacent to an activating group) is 2. The summed E-state index contributed by atoms with van der Waals surface area (Å²) in [6.45, 7) is 20.1. The second-order valence-corrected chi connectivity index (χ2v) is 16.6. The first kappa shape index (κ1) is 40.3. The van der Waals surface area contributed by atoms with E-state index in [1.807, 2.05) is 37.1 Å². The van der Waals surface area contributed by atoms with Gasteiger partial charge in [-0.15, -0.1) is 0 Å². The van der Waals surface area contributed by atoms with Crippen molar-refractivity contribution in [3.63, 3.8) is 0 Å². The van der Waals surface area contributed by atoms with Gasteiger partial charge in [0.15, 0.2) is 0 Å². The highest BCUT2D eigenvalue weighted by atomic mass is 15.6. The van der Waals surface area contributed by atoms with Crippen LogP contribution in [-0.4, -0.2) is 226 Å². The van der Waals surface area contributed by atoms with Crippen molar-refractivity contribution in [2.75, 3.05) is 167 Å². The Morgan fingerprint density at radius 3 is 2.07 bits per heavy atom. The summed E-state index contributed by atoms with van der Waals surface area (Å²) in [5.41, 5.74) is 2.48. The molecule has 309 valence electrons. The molecule has 15 nitrogen and oxygen atoms in total. The van der Waals surface area contributed by atoms with Crippen LogP contribution < -0.4 is 25.3 Å². The molecule has 5 fully saturated rings. The SMILES string of the molecule is CNCCN1CC[N]C(N2CCN(CCN(C)C)CC2N2CCN(c3ccncc3)CC2N2CCN(c3cccnc3)CC2N2CCN(c3ccccn3)CC2)C1. The minimum Gasteiger partial charge on any atom is -0.367 e. The number of nitrogens with one attached hydrogen (secondary N) is 1. The summed E-state index contributed by atoms with van der Waals surface area (Å²) in [7, 11) is 6.46. The molecular weight excluding hydrogens is 715 g/mol. The quantitative estimate of drug-likeness (QED) is 0.257. The zero-order valence-electron chi connectivity index (χ0n) is 34.6. The number of nitrogens with zero attached hydrogens (tertiary/aromatic N) is 14. The van der Waals surface area contributed by atoms with E-state index in [0.29, 0.717) is 0 Å². The van der Waals surface area contributed by atoms with Crippen LogP contribution in [-0.2, 0) is 0 Å². The first-order valence-corrected chi connectivity index (χ1v) is 21.4.